The number of anilines is 4. The molecule has 0 spiro atoms. The Kier molecular flexibility index (Phi) is 8.27. The highest BCUT2D eigenvalue weighted by atomic mass is 79.9. The van der Waals surface area contributed by atoms with Gasteiger partial charge in [-0.25, -0.2) is 9.97 Å². The van der Waals surface area contributed by atoms with Crippen LogP contribution in [0.25, 0.3) is 11.0 Å². The van der Waals surface area contributed by atoms with Crippen LogP contribution in [0.15, 0.2) is 47.3 Å². The zero-order chi connectivity index (χ0) is 28.3. The van der Waals surface area contributed by atoms with Gasteiger partial charge >= 0.3 is 0 Å². The minimum atomic E-state index is -0.186. The number of halogens is 2. The first kappa shape index (κ1) is 27.7. The molecule has 3 N–H and O–H groups in total. The molecule has 0 atom stereocenters. The molecule has 10 nitrogen and oxygen atoms in total. The number of aromatic amines is 1. The molecule has 0 aliphatic carbocycles. The summed E-state index contributed by atoms with van der Waals surface area (Å²) in [6.07, 6.45) is 4.11. The number of nitrogens with zero attached hydrogens (tertiary/aromatic N) is 6. The second-order valence-corrected chi connectivity index (χ2v) is 11.6. The lowest BCUT2D eigenvalue weighted by atomic mass is 10.0. The Balaban J connectivity index is 1.24. The van der Waals surface area contributed by atoms with E-state index in [0.717, 1.165) is 80.5 Å². The van der Waals surface area contributed by atoms with Gasteiger partial charge in [0.1, 0.15) is 16.7 Å². The number of piperazine rings is 1. The van der Waals surface area contributed by atoms with Gasteiger partial charge in [-0.05, 0) is 78.6 Å². The van der Waals surface area contributed by atoms with Gasteiger partial charge in [-0.1, -0.05) is 23.7 Å². The van der Waals surface area contributed by atoms with Crippen LogP contribution in [0.3, 0.4) is 0 Å². The van der Waals surface area contributed by atoms with Crippen molar-refractivity contribution >= 4 is 67.4 Å². The Bertz CT molecular complexity index is 1550. The van der Waals surface area contributed by atoms with Crippen molar-refractivity contribution in [2.75, 3.05) is 72.8 Å². The van der Waals surface area contributed by atoms with Crippen molar-refractivity contribution in [2.45, 2.75) is 19.8 Å². The molecule has 0 bridgehead atoms. The van der Waals surface area contributed by atoms with E-state index in [1.165, 1.54) is 12.8 Å². The number of nitrogens with one attached hydrogen (secondary N) is 3. The summed E-state index contributed by atoms with van der Waals surface area (Å²) in [6.45, 7) is 9.37. The predicted molar refractivity (Wildman–Crippen MR) is 169 cm³/mol. The molecule has 41 heavy (non-hydrogen) atoms. The normalized spacial score (nSPS) is 16.0. The summed E-state index contributed by atoms with van der Waals surface area (Å²) in [7, 11) is 0. The van der Waals surface area contributed by atoms with Crippen LogP contribution in [0, 0.1) is 6.92 Å². The van der Waals surface area contributed by atoms with Crippen molar-refractivity contribution in [3.8, 4) is 0 Å². The second kappa shape index (κ2) is 12.2. The van der Waals surface area contributed by atoms with E-state index in [1.54, 1.807) is 12.4 Å². The van der Waals surface area contributed by atoms with Crippen molar-refractivity contribution in [3.63, 3.8) is 0 Å². The van der Waals surface area contributed by atoms with Crippen LogP contribution in [-0.2, 0) is 0 Å². The van der Waals surface area contributed by atoms with E-state index in [4.69, 9.17) is 11.6 Å². The lowest BCUT2D eigenvalue weighted by Crippen LogP contribution is -2.47. The Morgan fingerprint density at radius 1 is 1.02 bits per heavy atom. The van der Waals surface area contributed by atoms with E-state index in [1.807, 2.05) is 30.3 Å². The highest BCUT2D eigenvalue weighted by Gasteiger charge is 2.25. The number of para-hydroxylation sites is 1. The number of aromatic nitrogens is 4. The number of likely N-dealkylation sites (tertiary alicyclic amines) is 1. The van der Waals surface area contributed by atoms with Crippen LogP contribution >= 0.6 is 27.5 Å². The quantitative estimate of drug-likeness (QED) is 0.243. The van der Waals surface area contributed by atoms with Crippen molar-refractivity contribution in [2.24, 2.45) is 0 Å². The van der Waals surface area contributed by atoms with Crippen LogP contribution in [0.5, 0.6) is 0 Å². The minimum absolute atomic E-state index is 0.186. The molecule has 2 aromatic carbocycles. The average Bonchev–Trinajstić information content (AvgIpc) is 3.65. The third-order valence-electron chi connectivity index (χ3n) is 7.92. The van der Waals surface area contributed by atoms with Crippen LogP contribution in [0.1, 0.15) is 28.8 Å². The summed E-state index contributed by atoms with van der Waals surface area (Å²) in [4.78, 5) is 29.4. The molecule has 2 aliphatic rings. The van der Waals surface area contributed by atoms with E-state index < -0.39 is 0 Å². The summed E-state index contributed by atoms with van der Waals surface area (Å²) in [5.41, 5.74) is 5.07. The maximum Gasteiger partial charge on any atom is 0.255 e. The lowest BCUT2D eigenvalue weighted by Gasteiger charge is -2.38. The van der Waals surface area contributed by atoms with E-state index in [9.17, 15) is 4.79 Å². The molecule has 6 rings (SSSR count). The largest absolute Gasteiger partial charge is 0.383 e. The second-order valence-electron chi connectivity index (χ2n) is 10.5. The van der Waals surface area contributed by atoms with Crippen LogP contribution in [-0.4, -0.2) is 83.3 Å². The number of H-pyrrole nitrogens is 1. The van der Waals surface area contributed by atoms with Crippen molar-refractivity contribution in [1.82, 2.24) is 25.1 Å². The van der Waals surface area contributed by atoms with Gasteiger partial charge < -0.3 is 25.3 Å². The van der Waals surface area contributed by atoms with Gasteiger partial charge in [-0.2, -0.15) is 5.10 Å². The number of amides is 1. The summed E-state index contributed by atoms with van der Waals surface area (Å²) >= 11 is 9.86. The maximum absolute atomic E-state index is 13.5. The smallest absolute Gasteiger partial charge is 0.255 e. The Labute approximate surface area is 252 Å². The topological polar surface area (TPSA) is 105 Å². The summed E-state index contributed by atoms with van der Waals surface area (Å²) in [5, 5.41) is 15.2. The van der Waals surface area contributed by atoms with Gasteiger partial charge in [0.2, 0.25) is 0 Å². The third-order valence-corrected chi connectivity index (χ3v) is 8.82. The van der Waals surface area contributed by atoms with Crippen molar-refractivity contribution in [1.29, 1.82) is 0 Å². The molecule has 2 aliphatic heterocycles. The number of carbonyl (C=O) groups is 1. The van der Waals surface area contributed by atoms with Gasteiger partial charge in [0.15, 0.2) is 5.65 Å². The van der Waals surface area contributed by atoms with E-state index >= 15 is 0 Å². The van der Waals surface area contributed by atoms with Crippen molar-refractivity contribution < 1.29 is 4.79 Å². The highest BCUT2D eigenvalue weighted by molar-refractivity contribution is 9.10. The number of hydrogen-bond acceptors (Lipinski definition) is 8. The van der Waals surface area contributed by atoms with Gasteiger partial charge in [-0.3, -0.25) is 9.89 Å². The predicted octanol–water partition coefficient (Wildman–Crippen LogP) is 5.16. The van der Waals surface area contributed by atoms with Gasteiger partial charge in [0.05, 0.1) is 16.1 Å². The van der Waals surface area contributed by atoms with E-state index in [2.05, 4.69) is 68.4 Å². The van der Waals surface area contributed by atoms with Crippen LogP contribution in [0.4, 0.5) is 22.9 Å². The van der Waals surface area contributed by atoms with E-state index in [-0.39, 0.29) is 5.91 Å². The number of rotatable bonds is 8. The fraction of sp³-hybridized carbons (Fsp3) is 0.379. The van der Waals surface area contributed by atoms with Crippen LogP contribution in [0.2, 0.25) is 5.02 Å². The Hall–Kier alpha value is -3.41. The first-order valence-electron chi connectivity index (χ1n) is 14.0. The molecule has 1 amide bonds. The number of hydrogen-bond donors (Lipinski definition) is 3. The molecule has 12 heteroatoms. The monoisotopic (exact) mass is 637 g/mol. The standard InChI is InChI=1S/C29H33BrClN9O/c1-19-23(32-8-11-38-9-4-5-10-38)16-20(29(41)35-22-7-3-2-6-21(22)31)17-24(19)39-12-14-40(15-13-39)28-25-26(30)36-37-27(25)33-18-34-28/h2-3,6-7,16-18,32H,4-5,8-15H2,1H3,(H,35,41)(H,33,34,36,37). The molecule has 4 heterocycles. The molecule has 0 radical (unpaired) electrons. The lowest BCUT2D eigenvalue weighted by molar-refractivity contribution is 0.102. The van der Waals surface area contributed by atoms with Crippen LogP contribution < -0.4 is 20.4 Å². The molecule has 0 saturated carbocycles. The molecule has 2 fully saturated rings. The van der Waals surface area contributed by atoms with Crippen molar-refractivity contribution in [3.05, 3.63) is 63.5 Å². The number of fused-ring (bicyclic) bond motifs is 1. The Morgan fingerprint density at radius 2 is 1.78 bits per heavy atom. The third kappa shape index (κ3) is 5.98. The first-order valence-corrected chi connectivity index (χ1v) is 15.2. The van der Waals surface area contributed by atoms with E-state index in [0.29, 0.717) is 26.5 Å². The molecule has 2 aromatic heterocycles. The van der Waals surface area contributed by atoms with Gasteiger partial charge in [-0.15, -0.1) is 0 Å². The highest BCUT2D eigenvalue weighted by Crippen LogP contribution is 2.33. The summed E-state index contributed by atoms with van der Waals surface area (Å²) < 4.78 is 0.711. The fourth-order valence-corrected chi connectivity index (χ4v) is 6.30. The fourth-order valence-electron chi connectivity index (χ4n) is 5.66. The summed E-state index contributed by atoms with van der Waals surface area (Å²) in [6, 6.07) is 11.3. The number of carbonyl (C=O) groups excluding carboxylic acids is 1. The molecular weight excluding hydrogens is 606 g/mol. The zero-order valence-corrected chi connectivity index (χ0v) is 25.3. The molecular formula is C29H33BrClN9O. The SMILES string of the molecule is Cc1c(NCCN2CCCC2)cc(C(=O)Nc2ccccc2Cl)cc1N1CCN(c2ncnc3[nH]nc(Br)c23)CC1. The minimum Gasteiger partial charge on any atom is -0.383 e. The molecule has 4 aromatic rings. The first-order chi connectivity index (χ1) is 20.0. The maximum atomic E-state index is 13.5. The molecule has 0 unspecified atom stereocenters. The molecule has 2 saturated heterocycles. The number of benzene rings is 2. The summed E-state index contributed by atoms with van der Waals surface area (Å²) in [5.74, 6) is 0.679. The van der Waals surface area contributed by atoms with Gasteiger partial charge in [0, 0.05) is 56.2 Å². The molecule has 214 valence electrons. The Morgan fingerprint density at radius 3 is 2.56 bits per heavy atom. The average molecular weight is 639 g/mol. The van der Waals surface area contributed by atoms with Gasteiger partial charge in [0.25, 0.3) is 5.91 Å². The zero-order valence-electron chi connectivity index (χ0n) is 23.0.